The van der Waals surface area contributed by atoms with Crippen LogP contribution in [0.4, 0.5) is 14.9 Å². The van der Waals surface area contributed by atoms with Gasteiger partial charge in [-0.15, -0.1) is 0 Å². The van der Waals surface area contributed by atoms with Crippen molar-refractivity contribution in [3.05, 3.63) is 65.9 Å². The van der Waals surface area contributed by atoms with Crippen LogP contribution in [0, 0.1) is 11.7 Å². The Kier molecular flexibility index (Phi) is 6.70. The summed E-state index contributed by atoms with van der Waals surface area (Å²) in [6.45, 7) is 4.60. The highest BCUT2D eigenvalue weighted by atomic mass is 32.2. The number of halogens is 1. The second-order valence-electron chi connectivity index (χ2n) is 8.77. The number of carbonyl (C=O) groups excluding carboxylic acids is 1. The molecule has 3 heterocycles. The van der Waals surface area contributed by atoms with E-state index in [4.69, 9.17) is 0 Å². The zero-order valence-corrected chi connectivity index (χ0v) is 20.2. The molecule has 0 spiro atoms. The summed E-state index contributed by atoms with van der Waals surface area (Å²) in [5.41, 5.74) is 3.02. The van der Waals surface area contributed by atoms with Crippen LogP contribution in [0.2, 0.25) is 0 Å². The molecule has 4 rings (SSSR count). The molecular formula is C24H28FN5O3S. The number of carbonyl (C=O) groups is 1. The largest absolute Gasteiger partial charge is 0.331 e. The highest BCUT2D eigenvalue weighted by molar-refractivity contribution is 7.90. The van der Waals surface area contributed by atoms with Gasteiger partial charge in [-0.1, -0.05) is 20.3 Å². The number of anilines is 1. The van der Waals surface area contributed by atoms with Crippen molar-refractivity contribution in [2.24, 2.45) is 5.92 Å². The van der Waals surface area contributed by atoms with Crippen LogP contribution in [0.1, 0.15) is 44.0 Å². The summed E-state index contributed by atoms with van der Waals surface area (Å²) in [5.74, 6) is -0.132. The Hall–Kier alpha value is -3.27. The first-order chi connectivity index (χ1) is 16.2. The molecule has 34 heavy (non-hydrogen) atoms. The van der Waals surface area contributed by atoms with Crippen molar-refractivity contribution >= 4 is 21.6 Å². The van der Waals surface area contributed by atoms with E-state index in [9.17, 15) is 17.6 Å². The number of hydrogen-bond donors (Lipinski definition) is 1. The van der Waals surface area contributed by atoms with E-state index >= 15 is 0 Å². The first-order valence-corrected chi connectivity index (χ1v) is 13.1. The maximum Gasteiger partial charge on any atom is 0.322 e. The van der Waals surface area contributed by atoms with Crippen LogP contribution in [0.5, 0.6) is 0 Å². The smallest absolute Gasteiger partial charge is 0.322 e. The highest BCUT2D eigenvalue weighted by Gasteiger charge is 2.31. The Morgan fingerprint density at radius 2 is 2.00 bits per heavy atom. The van der Waals surface area contributed by atoms with Crippen LogP contribution >= 0.6 is 0 Å². The maximum absolute atomic E-state index is 13.4. The monoisotopic (exact) mass is 485 g/mol. The lowest BCUT2D eigenvalue weighted by molar-refractivity contribution is 0.240. The molecule has 1 N–H and O–H groups in total. The van der Waals surface area contributed by atoms with Crippen LogP contribution in [-0.4, -0.2) is 42.0 Å². The molecule has 1 aromatic carbocycles. The molecule has 180 valence electrons. The molecule has 10 heteroatoms. The lowest BCUT2D eigenvalue weighted by Gasteiger charge is -2.32. The molecule has 3 aromatic rings. The second kappa shape index (κ2) is 9.54. The Labute approximate surface area is 198 Å². The van der Waals surface area contributed by atoms with Gasteiger partial charge in [0, 0.05) is 19.0 Å². The summed E-state index contributed by atoms with van der Waals surface area (Å²) >= 11 is 0. The number of amides is 2. The molecule has 2 amide bonds. The fourth-order valence-corrected chi connectivity index (χ4v) is 4.87. The Morgan fingerprint density at radius 1 is 1.26 bits per heavy atom. The van der Waals surface area contributed by atoms with E-state index < -0.39 is 9.84 Å². The standard InChI is InChI=1S/C24H28FN5O3S/c1-4-5-20(17-10-11-26-23(13-17)34(3,32)33)28-24(31)29-15-16(2)12-21-22(29)14-27-30(21)19-8-6-18(25)7-9-19/h6-11,13-14,16,20H,4-5,12,15H2,1-3H3,(H,28,31)/t16?,20-/m0/s1. The van der Waals surface area contributed by atoms with Crippen molar-refractivity contribution in [3.8, 4) is 5.69 Å². The minimum atomic E-state index is -3.47. The number of aromatic nitrogens is 3. The molecular weight excluding hydrogens is 457 g/mol. The third-order valence-electron chi connectivity index (χ3n) is 5.91. The number of fused-ring (bicyclic) bond motifs is 1. The minimum absolute atomic E-state index is 0.0187. The highest BCUT2D eigenvalue weighted by Crippen LogP contribution is 2.32. The number of nitrogens with one attached hydrogen (secondary N) is 1. The molecule has 2 atom stereocenters. The van der Waals surface area contributed by atoms with Crippen molar-refractivity contribution in [3.63, 3.8) is 0 Å². The first-order valence-electron chi connectivity index (χ1n) is 11.2. The van der Waals surface area contributed by atoms with Gasteiger partial charge in [0.25, 0.3) is 0 Å². The maximum atomic E-state index is 13.4. The number of nitrogens with zero attached hydrogens (tertiary/aromatic N) is 4. The normalized spacial score (nSPS) is 16.7. The quantitative estimate of drug-likeness (QED) is 0.568. The average Bonchev–Trinajstić information content (AvgIpc) is 3.22. The number of sulfone groups is 1. The van der Waals surface area contributed by atoms with Crippen LogP contribution in [0.3, 0.4) is 0 Å². The zero-order chi connectivity index (χ0) is 24.5. The minimum Gasteiger partial charge on any atom is -0.331 e. The van der Waals surface area contributed by atoms with Crippen LogP contribution in [0.15, 0.2) is 53.8 Å². The van der Waals surface area contributed by atoms with Crippen LogP contribution in [-0.2, 0) is 16.3 Å². The first kappa shape index (κ1) is 23.9. The van der Waals surface area contributed by atoms with Gasteiger partial charge >= 0.3 is 6.03 Å². The van der Waals surface area contributed by atoms with E-state index in [-0.39, 0.29) is 28.8 Å². The van der Waals surface area contributed by atoms with E-state index in [2.05, 4.69) is 22.3 Å². The molecule has 0 saturated carbocycles. The molecule has 0 radical (unpaired) electrons. The SMILES string of the molecule is CCC[C@H](NC(=O)N1CC(C)Cc2c1cnn2-c1ccc(F)cc1)c1ccnc(S(C)(=O)=O)c1. The third-order valence-corrected chi connectivity index (χ3v) is 6.89. The van der Waals surface area contributed by atoms with Gasteiger partial charge in [0.2, 0.25) is 0 Å². The van der Waals surface area contributed by atoms with Gasteiger partial charge in [-0.05, 0) is 60.7 Å². The van der Waals surface area contributed by atoms with Gasteiger partial charge in [0.15, 0.2) is 14.9 Å². The van der Waals surface area contributed by atoms with Crippen molar-refractivity contribution in [2.45, 2.75) is 44.2 Å². The summed E-state index contributed by atoms with van der Waals surface area (Å²) in [6, 6.07) is 8.69. The molecule has 0 aliphatic carbocycles. The topological polar surface area (TPSA) is 97.2 Å². The van der Waals surface area contributed by atoms with E-state index in [1.807, 2.05) is 6.92 Å². The average molecular weight is 486 g/mol. The number of urea groups is 1. The molecule has 1 unspecified atom stereocenters. The molecule has 0 fully saturated rings. The molecule has 2 aromatic heterocycles. The van der Waals surface area contributed by atoms with E-state index in [0.29, 0.717) is 24.2 Å². The molecule has 1 aliphatic rings. The van der Waals surface area contributed by atoms with E-state index in [1.165, 1.54) is 24.4 Å². The summed E-state index contributed by atoms with van der Waals surface area (Å²) in [4.78, 5) is 19.1. The van der Waals surface area contributed by atoms with Crippen molar-refractivity contribution in [1.82, 2.24) is 20.1 Å². The van der Waals surface area contributed by atoms with Gasteiger partial charge < -0.3 is 5.32 Å². The number of benzene rings is 1. The van der Waals surface area contributed by atoms with E-state index in [1.54, 1.807) is 34.0 Å². The fraction of sp³-hybridized carbons (Fsp3) is 0.375. The third kappa shape index (κ3) is 4.96. The van der Waals surface area contributed by atoms with Gasteiger partial charge in [-0.25, -0.2) is 27.3 Å². The predicted octanol–water partition coefficient (Wildman–Crippen LogP) is 4.06. The van der Waals surface area contributed by atoms with Crippen LogP contribution < -0.4 is 10.2 Å². The Balaban J connectivity index is 1.62. The Bertz CT molecular complexity index is 1290. The van der Waals surface area contributed by atoms with Crippen molar-refractivity contribution in [1.29, 1.82) is 0 Å². The van der Waals surface area contributed by atoms with Gasteiger partial charge in [0.05, 0.1) is 29.3 Å². The van der Waals surface area contributed by atoms with Crippen molar-refractivity contribution < 1.29 is 17.6 Å². The number of pyridine rings is 1. The lowest BCUT2D eigenvalue weighted by atomic mass is 9.99. The van der Waals surface area contributed by atoms with Crippen molar-refractivity contribution in [2.75, 3.05) is 17.7 Å². The summed E-state index contributed by atoms with van der Waals surface area (Å²) in [5, 5.41) is 7.53. The molecule has 0 bridgehead atoms. The lowest BCUT2D eigenvalue weighted by Crippen LogP contribution is -2.46. The Morgan fingerprint density at radius 3 is 2.68 bits per heavy atom. The van der Waals surface area contributed by atoms with Gasteiger partial charge in [-0.2, -0.15) is 5.10 Å². The summed E-state index contributed by atoms with van der Waals surface area (Å²) < 4.78 is 39.0. The molecule has 8 nitrogen and oxygen atoms in total. The van der Waals surface area contributed by atoms with Gasteiger partial charge in [0.1, 0.15) is 5.82 Å². The zero-order valence-electron chi connectivity index (χ0n) is 19.4. The van der Waals surface area contributed by atoms with Gasteiger partial charge in [-0.3, -0.25) is 4.90 Å². The number of rotatable bonds is 6. The summed E-state index contributed by atoms with van der Waals surface area (Å²) in [6.07, 6.45) is 6.40. The number of hydrogen-bond acceptors (Lipinski definition) is 5. The van der Waals surface area contributed by atoms with E-state index in [0.717, 1.165) is 30.5 Å². The predicted molar refractivity (Wildman–Crippen MR) is 127 cm³/mol. The molecule has 1 aliphatic heterocycles. The second-order valence-corrected chi connectivity index (χ2v) is 10.7. The fourth-order valence-electron chi connectivity index (χ4n) is 4.27. The summed E-state index contributed by atoms with van der Waals surface area (Å²) in [7, 11) is -3.47. The van der Waals surface area contributed by atoms with Crippen LogP contribution in [0.25, 0.3) is 5.69 Å². The molecule has 0 saturated heterocycles.